The number of thiocarbonyl (C=S) groups is 1. The van der Waals surface area contributed by atoms with Gasteiger partial charge in [-0.1, -0.05) is 18.3 Å². The highest BCUT2D eigenvalue weighted by Crippen LogP contribution is 2.20. The lowest BCUT2D eigenvalue weighted by molar-refractivity contribution is 0.102. The van der Waals surface area contributed by atoms with Crippen LogP contribution in [0.5, 0.6) is 0 Å². The molecule has 0 spiro atoms. The fraction of sp³-hybridized carbons (Fsp3) is 0.143. The second-order valence-corrected chi connectivity index (χ2v) is 4.91. The van der Waals surface area contributed by atoms with Gasteiger partial charge in [-0.15, -0.1) is 0 Å². The molecule has 2 rings (SSSR count). The maximum Gasteiger partial charge on any atom is 0.257 e. The number of nitrogens with one attached hydrogen (secondary N) is 1. The molecule has 0 saturated carbocycles. The van der Waals surface area contributed by atoms with Gasteiger partial charge in [0.15, 0.2) is 0 Å². The van der Waals surface area contributed by atoms with E-state index in [0.29, 0.717) is 17.0 Å². The zero-order valence-corrected chi connectivity index (χ0v) is 12.3. The van der Waals surface area contributed by atoms with Crippen LogP contribution in [-0.4, -0.2) is 21.1 Å². The first-order chi connectivity index (χ1) is 9.90. The van der Waals surface area contributed by atoms with Gasteiger partial charge in [-0.25, -0.2) is 4.39 Å². The molecule has 2 aromatic rings. The van der Waals surface area contributed by atoms with Crippen molar-refractivity contribution in [1.82, 2.24) is 10.2 Å². The van der Waals surface area contributed by atoms with Crippen LogP contribution in [0.1, 0.15) is 27.3 Å². The van der Waals surface area contributed by atoms with E-state index >= 15 is 0 Å². The highest BCUT2D eigenvalue weighted by Gasteiger charge is 2.16. The van der Waals surface area contributed by atoms with Crippen molar-refractivity contribution in [1.29, 1.82) is 0 Å². The Labute approximate surface area is 126 Å². The summed E-state index contributed by atoms with van der Waals surface area (Å²) in [5.74, 6) is -1.00. The standard InChI is InChI=1S/C14H13FN4OS/c1-7-6-9(8(2)19-18-7)14(20)17-11-5-3-4-10(15)12(11)13(16)21/h3-6H,1-2H3,(H2,16,21)(H,17,20). The van der Waals surface area contributed by atoms with Gasteiger partial charge in [0.05, 0.1) is 28.2 Å². The van der Waals surface area contributed by atoms with E-state index in [1.165, 1.54) is 18.2 Å². The third-order valence-electron chi connectivity index (χ3n) is 2.85. The summed E-state index contributed by atoms with van der Waals surface area (Å²) in [5, 5.41) is 10.3. The summed E-state index contributed by atoms with van der Waals surface area (Å²) in [6, 6.07) is 5.84. The van der Waals surface area contributed by atoms with Crippen LogP contribution >= 0.6 is 12.2 Å². The summed E-state index contributed by atoms with van der Waals surface area (Å²) in [6.07, 6.45) is 0. The molecule has 1 amide bonds. The lowest BCUT2D eigenvalue weighted by atomic mass is 10.1. The minimum absolute atomic E-state index is 0.0113. The maximum absolute atomic E-state index is 13.8. The number of amides is 1. The van der Waals surface area contributed by atoms with E-state index in [1.54, 1.807) is 19.9 Å². The van der Waals surface area contributed by atoms with Crippen molar-refractivity contribution in [2.75, 3.05) is 5.32 Å². The van der Waals surface area contributed by atoms with Crippen molar-refractivity contribution in [3.8, 4) is 0 Å². The van der Waals surface area contributed by atoms with Crippen molar-refractivity contribution in [2.24, 2.45) is 5.73 Å². The number of anilines is 1. The molecule has 21 heavy (non-hydrogen) atoms. The summed E-state index contributed by atoms with van der Waals surface area (Å²) >= 11 is 4.82. The predicted octanol–water partition coefficient (Wildman–Crippen LogP) is 2.12. The van der Waals surface area contributed by atoms with Gasteiger partial charge in [0, 0.05) is 0 Å². The zero-order valence-electron chi connectivity index (χ0n) is 11.5. The van der Waals surface area contributed by atoms with Gasteiger partial charge in [-0.2, -0.15) is 10.2 Å². The van der Waals surface area contributed by atoms with Crippen molar-refractivity contribution in [2.45, 2.75) is 13.8 Å². The van der Waals surface area contributed by atoms with Crippen LogP contribution in [0.15, 0.2) is 24.3 Å². The Morgan fingerprint density at radius 3 is 2.71 bits per heavy atom. The molecule has 0 aliphatic carbocycles. The largest absolute Gasteiger partial charge is 0.389 e. The Bertz CT molecular complexity index is 733. The summed E-state index contributed by atoms with van der Waals surface area (Å²) in [4.78, 5) is 12.2. The Morgan fingerprint density at radius 1 is 1.33 bits per heavy atom. The van der Waals surface area contributed by atoms with E-state index in [4.69, 9.17) is 18.0 Å². The monoisotopic (exact) mass is 304 g/mol. The smallest absolute Gasteiger partial charge is 0.257 e. The molecular weight excluding hydrogens is 291 g/mol. The Hall–Kier alpha value is -2.41. The number of hydrogen-bond acceptors (Lipinski definition) is 4. The van der Waals surface area contributed by atoms with E-state index in [0.717, 1.165) is 0 Å². The topological polar surface area (TPSA) is 80.9 Å². The lowest BCUT2D eigenvalue weighted by Crippen LogP contribution is -2.20. The minimum atomic E-state index is -0.582. The second kappa shape index (κ2) is 5.92. The third kappa shape index (κ3) is 3.19. The number of aromatic nitrogens is 2. The number of carbonyl (C=O) groups is 1. The van der Waals surface area contributed by atoms with Crippen LogP contribution in [0.3, 0.4) is 0 Å². The van der Waals surface area contributed by atoms with E-state index < -0.39 is 11.7 Å². The number of rotatable bonds is 3. The van der Waals surface area contributed by atoms with Crippen molar-refractivity contribution in [3.05, 3.63) is 52.6 Å². The molecule has 0 radical (unpaired) electrons. The molecule has 0 bridgehead atoms. The van der Waals surface area contributed by atoms with Gasteiger partial charge in [0.2, 0.25) is 0 Å². The molecule has 1 heterocycles. The van der Waals surface area contributed by atoms with Crippen LogP contribution < -0.4 is 11.1 Å². The lowest BCUT2D eigenvalue weighted by Gasteiger charge is -2.11. The van der Waals surface area contributed by atoms with E-state index in [9.17, 15) is 9.18 Å². The summed E-state index contributed by atoms with van der Waals surface area (Å²) in [6.45, 7) is 3.40. The van der Waals surface area contributed by atoms with Crippen LogP contribution in [-0.2, 0) is 0 Å². The average Bonchev–Trinajstić information content (AvgIpc) is 2.41. The molecule has 1 aromatic heterocycles. The normalized spacial score (nSPS) is 10.2. The van der Waals surface area contributed by atoms with Crippen LogP contribution in [0.25, 0.3) is 0 Å². The van der Waals surface area contributed by atoms with Crippen molar-refractivity contribution in [3.63, 3.8) is 0 Å². The third-order valence-corrected chi connectivity index (χ3v) is 3.06. The fourth-order valence-electron chi connectivity index (χ4n) is 1.85. The molecule has 7 heteroatoms. The maximum atomic E-state index is 13.8. The highest BCUT2D eigenvalue weighted by molar-refractivity contribution is 7.80. The van der Waals surface area contributed by atoms with Gasteiger partial charge in [-0.3, -0.25) is 4.79 Å². The number of nitrogens with zero attached hydrogens (tertiary/aromatic N) is 2. The molecule has 0 unspecified atom stereocenters. The quantitative estimate of drug-likeness (QED) is 0.849. The summed E-state index contributed by atoms with van der Waals surface area (Å²) in [7, 11) is 0. The molecule has 108 valence electrons. The number of benzene rings is 1. The summed E-state index contributed by atoms with van der Waals surface area (Å²) in [5.41, 5.74) is 7.19. The second-order valence-electron chi connectivity index (χ2n) is 4.47. The van der Waals surface area contributed by atoms with Gasteiger partial charge >= 0.3 is 0 Å². The first-order valence-electron chi connectivity index (χ1n) is 6.10. The van der Waals surface area contributed by atoms with Crippen molar-refractivity contribution < 1.29 is 9.18 Å². The SMILES string of the molecule is Cc1cc(C(=O)Nc2cccc(F)c2C(N)=S)c(C)nn1. The Kier molecular flexibility index (Phi) is 4.23. The Balaban J connectivity index is 2.39. The zero-order chi connectivity index (χ0) is 15.6. The molecule has 5 nitrogen and oxygen atoms in total. The van der Waals surface area contributed by atoms with Gasteiger partial charge in [-0.05, 0) is 32.0 Å². The number of aryl methyl sites for hydroxylation is 2. The van der Waals surface area contributed by atoms with Crippen molar-refractivity contribution >= 4 is 28.8 Å². The molecule has 0 aliphatic rings. The van der Waals surface area contributed by atoms with Gasteiger partial charge in [0.1, 0.15) is 10.8 Å². The number of halogens is 1. The molecule has 0 atom stereocenters. The number of carbonyl (C=O) groups excluding carboxylic acids is 1. The van der Waals surface area contributed by atoms with Crippen LogP contribution in [0.4, 0.5) is 10.1 Å². The molecular formula is C14H13FN4OS. The number of hydrogen-bond donors (Lipinski definition) is 2. The molecule has 3 N–H and O–H groups in total. The Morgan fingerprint density at radius 2 is 2.05 bits per heavy atom. The minimum Gasteiger partial charge on any atom is -0.389 e. The van der Waals surface area contributed by atoms with E-state index in [-0.39, 0.29) is 16.2 Å². The molecule has 1 aromatic carbocycles. The fourth-order valence-corrected chi connectivity index (χ4v) is 2.06. The van der Waals surface area contributed by atoms with E-state index in [2.05, 4.69) is 15.5 Å². The highest BCUT2D eigenvalue weighted by atomic mass is 32.1. The van der Waals surface area contributed by atoms with Crippen LogP contribution in [0.2, 0.25) is 0 Å². The molecule has 0 aliphatic heterocycles. The first-order valence-corrected chi connectivity index (χ1v) is 6.51. The first kappa shape index (κ1) is 15.0. The van der Waals surface area contributed by atoms with E-state index in [1.807, 2.05) is 0 Å². The number of nitrogens with two attached hydrogens (primary N) is 1. The molecule has 0 saturated heterocycles. The average molecular weight is 304 g/mol. The van der Waals surface area contributed by atoms with Gasteiger partial charge in [0.25, 0.3) is 5.91 Å². The van der Waals surface area contributed by atoms with Crippen LogP contribution in [0, 0.1) is 19.7 Å². The summed E-state index contributed by atoms with van der Waals surface area (Å²) < 4.78 is 13.8. The molecule has 0 fully saturated rings. The van der Waals surface area contributed by atoms with Gasteiger partial charge < -0.3 is 11.1 Å². The predicted molar refractivity (Wildman–Crippen MR) is 81.7 cm³/mol.